The summed E-state index contributed by atoms with van der Waals surface area (Å²) < 4.78 is 31.6. The van der Waals surface area contributed by atoms with Crippen molar-refractivity contribution in [1.29, 1.82) is 0 Å². The van der Waals surface area contributed by atoms with Crippen molar-refractivity contribution in [3.05, 3.63) is 29.8 Å². The van der Waals surface area contributed by atoms with Crippen molar-refractivity contribution < 1.29 is 18.6 Å². The van der Waals surface area contributed by atoms with Gasteiger partial charge in [-0.15, -0.1) is 0 Å². The second-order valence-corrected chi connectivity index (χ2v) is 4.31. The zero-order valence-corrected chi connectivity index (χ0v) is 9.27. The number of benzene rings is 1. The number of aliphatic hydroxyl groups is 1. The summed E-state index contributed by atoms with van der Waals surface area (Å²) in [5.74, 6) is -1.92. The van der Waals surface area contributed by atoms with Gasteiger partial charge in [-0.05, 0) is 30.9 Å². The average Bonchev–Trinajstić information content (AvgIpc) is 3.14. The maximum Gasteiger partial charge on any atom is 0.200 e. The summed E-state index contributed by atoms with van der Waals surface area (Å²) in [7, 11) is 0. The molecule has 1 fully saturated rings. The second kappa shape index (κ2) is 4.98. The molecule has 0 saturated heterocycles. The average molecular weight is 243 g/mol. The van der Waals surface area contributed by atoms with E-state index in [9.17, 15) is 13.9 Å². The van der Waals surface area contributed by atoms with E-state index in [-0.39, 0.29) is 18.4 Å². The molecule has 0 aromatic heterocycles. The zero-order valence-electron chi connectivity index (χ0n) is 9.27. The van der Waals surface area contributed by atoms with Crippen molar-refractivity contribution in [2.75, 3.05) is 6.61 Å². The van der Waals surface area contributed by atoms with Crippen LogP contribution in [0.3, 0.4) is 0 Å². The van der Waals surface area contributed by atoms with Gasteiger partial charge < -0.3 is 15.6 Å². The normalized spacial score (nSPS) is 18.8. The zero-order chi connectivity index (χ0) is 12.4. The van der Waals surface area contributed by atoms with Crippen molar-refractivity contribution in [3.8, 4) is 5.75 Å². The molecule has 0 spiro atoms. The van der Waals surface area contributed by atoms with Gasteiger partial charge in [-0.1, -0.05) is 6.07 Å². The molecule has 2 unspecified atom stereocenters. The van der Waals surface area contributed by atoms with E-state index in [1.165, 1.54) is 12.1 Å². The van der Waals surface area contributed by atoms with Gasteiger partial charge in [-0.3, -0.25) is 0 Å². The Labute approximate surface area is 98.2 Å². The fourth-order valence-corrected chi connectivity index (χ4v) is 1.76. The molecule has 1 aliphatic carbocycles. The number of aliphatic hydroxyl groups excluding tert-OH is 1. The van der Waals surface area contributed by atoms with Gasteiger partial charge in [0.15, 0.2) is 11.6 Å². The fraction of sp³-hybridized carbons (Fsp3) is 0.500. The van der Waals surface area contributed by atoms with E-state index in [1.807, 2.05) is 0 Å². The minimum atomic E-state index is -1.05. The first-order valence-corrected chi connectivity index (χ1v) is 5.60. The molecular formula is C12H15F2NO2. The predicted molar refractivity (Wildman–Crippen MR) is 58.6 cm³/mol. The van der Waals surface area contributed by atoms with E-state index in [4.69, 9.17) is 10.5 Å². The van der Waals surface area contributed by atoms with Crippen LogP contribution in [0.2, 0.25) is 0 Å². The number of rotatable bonds is 5. The number of nitrogens with two attached hydrogens (primary N) is 1. The van der Waals surface area contributed by atoms with Crippen LogP contribution in [0.4, 0.5) is 8.78 Å². The van der Waals surface area contributed by atoms with Gasteiger partial charge in [0.05, 0.1) is 6.61 Å². The molecular weight excluding hydrogens is 228 g/mol. The smallest absolute Gasteiger partial charge is 0.200 e. The topological polar surface area (TPSA) is 55.5 Å². The van der Waals surface area contributed by atoms with Crippen molar-refractivity contribution >= 4 is 0 Å². The standard InChI is InChI=1S/C12H15F2NO2/c13-8-2-1-3-9(11(8)14)17-10(6-16)12(15)7-4-5-7/h1-3,7,10,12,16H,4-6,15H2. The van der Waals surface area contributed by atoms with Gasteiger partial charge in [0.1, 0.15) is 6.10 Å². The fourth-order valence-electron chi connectivity index (χ4n) is 1.76. The summed E-state index contributed by atoms with van der Waals surface area (Å²) in [6, 6.07) is 3.34. The van der Waals surface area contributed by atoms with Crippen LogP contribution in [0.15, 0.2) is 18.2 Å². The maximum atomic E-state index is 13.4. The minimum absolute atomic E-state index is 0.208. The highest BCUT2D eigenvalue weighted by atomic mass is 19.2. The van der Waals surface area contributed by atoms with Crippen LogP contribution < -0.4 is 10.5 Å². The van der Waals surface area contributed by atoms with Crippen LogP contribution in [0.5, 0.6) is 5.75 Å². The van der Waals surface area contributed by atoms with E-state index < -0.39 is 17.7 Å². The third-order valence-corrected chi connectivity index (χ3v) is 2.97. The van der Waals surface area contributed by atoms with Gasteiger partial charge in [0.25, 0.3) is 0 Å². The molecule has 5 heteroatoms. The third-order valence-electron chi connectivity index (χ3n) is 2.97. The number of ether oxygens (including phenoxy) is 1. The van der Waals surface area contributed by atoms with Gasteiger partial charge in [0.2, 0.25) is 5.82 Å². The lowest BCUT2D eigenvalue weighted by Gasteiger charge is -2.23. The molecule has 94 valence electrons. The van der Waals surface area contributed by atoms with Gasteiger partial charge in [0, 0.05) is 6.04 Å². The first kappa shape index (κ1) is 12.3. The number of hydrogen-bond acceptors (Lipinski definition) is 3. The molecule has 1 aromatic rings. The summed E-state index contributed by atoms with van der Waals surface area (Å²) >= 11 is 0. The molecule has 0 amide bonds. The lowest BCUT2D eigenvalue weighted by Crippen LogP contribution is -2.43. The summed E-state index contributed by atoms with van der Waals surface area (Å²) in [4.78, 5) is 0. The molecule has 0 bridgehead atoms. The third kappa shape index (κ3) is 2.73. The SMILES string of the molecule is NC(C1CC1)C(CO)Oc1cccc(F)c1F. The first-order chi connectivity index (χ1) is 8.13. The highest BCUT2D eigenvalue weighted by molar-refractivity contribution is 5.25. The van der Waals surface area contributed by atoms with Crippen molar-refractivity contribution in [2.24, 2.45) is 11.7 Å². The van der Waals surface area contributed by atoms with Gasteiger partial charge in [-0.25, -0.2) is 4.39 Å². The van der Waals surface area contributed by atoms with Crippen molar-refractivity contribution in [1.82, 2.24) is 0 Å². The van der Waals surface area contributed by atoms with Crippen LogP contribution in [-0.2, 0) is 0 Å². The summed E-state index contributed by atoms with van der Waals surface area (Å²) in [5.41, 5.74) is 5.87. The van der Waals surface area contributed by atoms with Crippen LogP contribution in [-0.4, -0.2) is 23.9 Å². The Morgan fingerprint density at radius 1 is 1.41 bits per heavy atom. The molecule has 3 N–H and O–H groups in total. The molecule has 0 heterocycles. The Bertz CT molecular complexity index is 396. The molecule has 2 atom stereocenters. The summed E-state index contributed by atoms with van der Waals surface area (Å²) in [6.45, 7) is -0.312. The molecule has 3 nitrogen and oxygen atoms in total. The van der Waals surface area contributed by atoms with Gasteiger partial charge >= 0.3 is 0 Å². The minimum Gasteiger partial charge on any atom is -0.483 e. The summed E-state index contributed by atoms with van der Waals surface area (Å²) in [6.07, 6.45) is 1.29. The van der Waals surface area contributed by atoms with E-state index in [0.717, 1.165) is 18.9 Å². The molecule has 1 aromatic carbocycles. The molecule has 0 radical (unpaired) electrons. The number of halogens is 2. The maximum absolute atomic E-state index is 13.4. The second-order valence-electron chi connectivity index (χ2n) is 4.31. The molecule has 1 saturated carbocycles. The Hall–Kier alpha value is -1.20. The lowest BCUT2D eigenvalue weighted by atomic mass is 10.1. The predicted octanol–water partition coefficient (Wildman–Crippen LogP) is 1.44. The van der Waals surface area contributed by atoms with E-state index in [0.29, 0.717) is 5.92 Å². The molecule has 0 aliphatic heterocycles. The summed E-state index contributed by atoms with van der Waals surface area (Å²) in [5, 5.41) is 9.17. The van der Waals surface area contributed by atoms with Gasteiger partial charge in [-0.2, -0.15) is 4.39 Å². The van der Waals surface area contributed by atoms with Crippen molar-refractivity contribution in [2.45, 2.75) is 25.0 Å². The van der Waals surface area contributed by atoms with E-state index in [1.54, 1.807) is 0 Å². The molecule has 1 aliphatic rings. The highest BCUT2D eigenvalue weighted by Gasteiger charge is 2.35. The lowest BCUT2D eigenvalue weighted by molar-refractivity contribution is 0.0839. The highest BCUT2D eigenvalue weighted by Crippen LogP contribution is 2.34. The Morgan fingerprint density at radius 2 is 2.12 bits per heavy atom. The van der Waals surface area contributed by atoms with Crippen LogP contribution >= 0.6 is 0 Å². The van der Waals surface area contributed by atoms with E-state index in [2.05, 4.69) is 0 Å². The molecule has 17 heavy (non-hydrogen) atoms. The number of hydrogen-bond donors (Lipinski definition) is 2. The monoisotopic (exact) mass is 243 g/mol. The Balaban J connectivity index is 2.09. The Morgan fingerprint density at radius 3 is 2.71 bits per heavy atom. The Kier molecular flexibility index (Phi) is 3.59. The van der Waals surface area contributed by atoms with Crippen LogP contribution in [0.25, 0.3) is 0 Å². The largest absolute Gasteiger partial charge is 0.483 e. The van der Waals surface area contributed by atoms with Crippen LogP contribution in [0.1, 0.15) is 12.8 Å². The van der Waals surface area contributed by atoms with Crippen LogP contribution in [0, 0.1) is 17.6 Å². The van der Waals surface area contributed by atoms with E-state index >= 15 is 0 Å². The van der Waals surface area contributed by atoms with Crippen molar-refractivity contribution in [3.63, 3.8) is 0 Å². The molecule has 2 rings (SSSR count). The quantitative estimate of drug-likeness (QED) is 0.822. The first-order valence-electron chi connectivity index (χ1n) is 5.60.